The molecule has 1 amide bonds. The molecule has 7 heteroatoms. The molecule has 3 N–H and O–H groups in total. The molecule has 0 fully saturated rings. The molecule has 7 nitrogen and oxygen atoms in total. The highest BCUT2D eigenvalue weighted by molar-refractivity contribution is 5.96. The highest BCUT2D eigenvalue weighted by Gasteiger charge is 2.14. The first-order valence-corrected chi connectivity index (χ1v) is 5.39. The molecule has 0 saturated heterocycles. The molecule has 1 atom stereocenters. The number of hydrogen-bond acceptors (Lipinski definition) is 6. The van der Waals surface area contributed by atoms with Gasteiger partial charge in [0.1, 0.15) is 6.04 Å². The molecular formula is C11H14N4O3. The molecule has 0 saturated carbocycles. The molecule has 2 aromatic rings. The smallest absolute Gasteiger partial charge is 0.258 e. The SMILES string of the molecule is COCC(N)C(=O)Nc1cnc2onc(C)c2c1. The van der Waals surface area contributed by atoms with E-state index in [0.29, 0.717) is 11.4 Å². The van der Waals surface area contributed by atoms with Gasteiger partial charge in [0, 0.05) is 7.11 Å². The number of fused-ring (bicyclic) bond motifs is 1. The largest absolute Gasteiger partial charge is 0.383 e. The number of nitrogens with two attached hydrogens (primary N) is 1. The molecule has 0 spiro atoms. The van der Waals surface area contributed by atoms with E-state index in [9.17, 15) is 4.79 Å². The highest BCUT2D eigenvalue weighted by Crippen LogP contribution is 2.19. The highest BCUT2D eigenvalue weighted by atomic mass is 16.5. The third-order valence-corrected chi connectivity index (χ3v) is 2.46. The van der Waals surface area contributed by atoms with E-state index in [2.05, 4.69) is 15.5 Å². The van der Waals surface area contributed by atoms with Crippen LogP contribution in [-0.4, -0.2) is 35.8 Å². The lowest BCUT2D eigenvalue weighted by atomic mass is 10.2. The summed E-state index contributed by atoms with van der Waals surface area (Å²) in [5.41, 5.74) is 7.31. The molecule has 0 radical (unpaired) electrons. The number of amides is 1. The minimum Gasteiger partial charge on any atom is -0.383 e. The number of aryl methyl sites for hydroxylation is 1. The van der Waals surface area contributed by atoms with Crippen LogP contribution in [0.2, 0.25) is 0 Å². The normalized spacial score (nSPS) is 12.6. The van der Waals surface area contributed by atoms with Crippen molar-refractivity contribution in [3.05, 3.63) is 18.0 Å². The van der Waals surface area contributed by atoms with Crippen LogP contribution >= 0.6 is 0 Å². The summed E-state index contributed by atoms with van der Waals surface area (Å²) in [5, 5.41) is 7.20. The first kappa shape index (κ1) is 12.5. The Morgan fingerprint density at radius 2 is 2.44 bits per heavy atom. The van der Waals surface area contributed by atoms with Gasteiger partial charge in [-0.3, -0.25) is 4.79 Å². The third kappa shape index (κ3) is 2.47. The zero-order chi connectivity index (χ0) is 13.1. The standard InChI is InChI=1S/C11H14N4O3/c1-6-8-3-7(4-13-11(8)18-15-6)14-10(16)9(12)5-17-2/h3-4,9H,5,12H2,1-2H3,(H,14,16). The van der Waals surface area contributed by atoms with Crippen molar-refractivity contribution >= 4 is 22.7 Å². The summed E-state index contributed by atoms with van der Waals surface area (Å²) in [7, 11) is 1.49. The Hall–Kier alpha value is -1.99. The molecule has 1 unspecified atom stereocenters. The Morgan fingerprint density at radius 3 is 3.17 bits per heavy atom. The van der Waals surface area contributed by atoms with Crippen molar-refractivity contribution < 1.29 is 14.1 Å². The summed E-state index contributed by atoms with van der Waals surface area (Å²) in [6.07, 6.45) is 1.49. The number of anilines is 1. The first-order valence-electron chi connectivity index (χ1n) is 5.39. The molecule has 18 heavy (non-hydrogen) atoms. The summed E-state index contributed by atoms with van der Waals surface area (Å²) in [6.45, 7) is 1.96. The lowest BCUT2D eigenvalue weighted by Crippen LogP contribution is -2.39. The van der Waals surface area contributed by atoms with Crippen molar-refractivity contribution in [3.8, 4) is 0 Å². The maximum absolute atomic E-state index is 11.7. The summed E-state index contributed by atoms with van der Waals surface area (Å²) in [4.78, 5) is 15.7. The molecule has 0 aliphatic carbocycles. The number of carbonyl (C=O) groups is 1. The van der Waals surface area contributed by atoms with Gasteiger partial charge >= 0.3 is 0 Å². The van der Waals surface area contributed by atoms with E-state index in [1.54, 1.807) is 13.0 Å². The molecule has 0 bridgehead atoms. The zero-order valence-corrected chi connectivity index (χ0v) is 10.1. The van der Waals surface area contributed by atoms with E-state index in [-0.39, 0.29) is 12.5 Å². The average molecular weight is 250 g/mol. The van der Waals surface area contributed by atoms with Crippen LogP contribution in [0.15, 0.2) is 16.8 Å². The molecular weight excluding hydrogens is 236 g/mol. The van der Waals surface area contributed by atoms with Gasteiger partial charge in [0.2, 0.25) is 5.91 Å². The Morgan fingerprint density at radius 1 is 1.67 bits per heavy atom. The molecule has 0 aliphatic rings. The Kier molecular flexibility index (Phi) is 3.54. The predicted octanol–water partition coefficient (Wildman–Crippen LogP) is 0.443. The van der Waals surface area contributed by atoms with Crippen LogP contribution < -0.4 is 11.1 Å². The maximum Gasteiger partial charge on any atom is 0.258 e. The van der Waals surface area contributed by atoms with E-state index in [1.807, 2.05) is 0 Å². The second-order valence-electron chi connectivity index (χ2n) is 3.90. The monoisotopic (exact) mass is 250 g/mol. The fourth-order valence-electron chi connectivity index (χ4n) is 1.50. The van der Waals surface area contributed by atoms with Crippen LogP contribution in [0, 0.1) is 6.92 Å². The predicted molar refractivity (Wildman–Crippen MR) is 65.0 cm³/mol. The van der Waals surface area contributed by atoms with Gasteiger partial charge in [0.05, 0.1) is 29.6 Å². The van der Waals surface area contributed by atoms with Crippen molar-refractivity contribution in [2.45, 2.75) is 13.0 Å². The molecule has 2 heterocycles. The Bertz CT molecular complexity index is 566. The van der Waals surface area contributed by atoms with E-state index in [4.69, 9.17) is 15.0 Å². The lowest BCUT2D eigenvalue weighted by Gasteiger charge is -2.10. The van der Waals surface area contributed by atoms with Crippen molar-refractivity contribution in [1.82, 2.24) is 10.1 Å². The van der Waals surface area contributed by atoms with Gasteiger partial charge in [0.25, 0.3) is 5.71 Å². The maximum atomic E-state index is 11.7. The van der Waals surface area contributed by atoms with E-state index in [0.717, 1.165) is 11.1 Å². The topological polar surface area (TPSA) is 103 Å². The second-order valence-corrected chi connectivity index (χ2v) is 3.90. The van der Waals surface area contributed by atoms with Crippen molar-refractivity contribution in [1.29, 1.82) is 0 Å². The minimum atomic E-state index is -0.714. The summed E-state index contributed by atoms with van der Waals surface area (Å²) >= 11 is 0. The summed E-state index contributed by atoms with van der Waals surface area (Å²) in [5.74, 6) is -0.327. The Labute approximate surface area is 103 Å². The van der Waals surface area contributed by atoms with Gasteiger partial charge in [-0.05, 0) is 13.0 Å². The molecule has 96 valence electrons. The quantitative estimate of drug-likeness (QED) is 0.816. The molecule has 0 aliphatic heterocycles. The number of hydrogen-bond donors (Lipinski definition) is 2. The van der Waals surface area contributed by atoms with E-state index in [1.165, 1.54) is 13.3 Å². The number of ether oxygens (including phenoxy) is 1. The van der Waals surface area contributed by atoms with Crippen LogP contribution in [0.4, 0.5) is 5.69 Å². The van der Waals surface area contributed by atoms with Crippen molar-refractivity contribution in [2.75, 3.05) is 19.0 Å². The van der Waals surface area contributed by atoms with Crippen molar-refractivity contribution in [3.63, 3.8) is 0 Å². The number of aromatic nitrogens is 2. The number of carbonyl (C=O) groups excluding carboxylic acids is 1. The molecule has 2 rings (SSSR count). The van der Waals surface area contributed by atoms with Crippen LogP contribution in [0.3, 0.4) is 0 Å². The number of pyridine rings is 1. The van der Waals surface area contributed by atoms with Gasteiger partial charge in [-0.25, -0.2) is 4.98 Å². The fourth-order valence-corrected chi connectivity index (χ4v) is 1.50. The van der Waals surface area contributed by atoms with Crippen molar-refractivity contribution in [2.24, 2.45) is 5.73 Å². The van der Waals surface area contributed by atoms with Crippen LogP contribution in [0.25, 0.3) is 11.1 Å². The lowest BCUT2D eigenvalue weighted by molar-refractivity contribution is -0.118. The fraction of sp³-hybridized carbons (Fsp3) is 0.364. The van der Waals surface area contributed by atoms with Gasteiger partial charge < -0.3 is 20.3 Å². The first-order chi connectivity index (χ1) is 8.61. The van der Waals surface area contributed by atoms with Crippen LogP contribution in [0.1, 0.15) is 5.69 Å². The average Bonchev–Trinajstić information content (AvgIpc) is 2.71. The third-order valence-electron chi connectivity index (χ3n) is 2.46. The minimum absolute atomic E-state index is 0.161. The number of rotatable bonds is 4. The van der Waals surface area contributed by atoms with Crippen LogP contribution in [0.5, 0.6) is 0 Å². The number of nitrogens with zero attached hydrogens (tertiary/aromatic N) is 2. The van der Waals surface area contributed by atoms with Crippen LogP contribution in [-0.2, 0) is 9.53 Å². The van der Waals surface area contributed by atoms with Gasteiger partial charge in [-0.1, -0.05) is 5.16 Å². The number of methoxy groups -OCH3 is 1. The summed E-state index contributed by atoms with van der Waals surface area (Å²) in [6, 6.07) is 1.03. The molecule has 0 aromatic carbocycles. The second kappa shape index (κ2) is 5.11. The molecule has 2 aromatic heterocycles. The van der Waals surface area contributed by atoms with Gasteiger partial charge in [-0.15, -0.1) is 0 Å². The van der Waals surface area contributed by atoms with Gasteiger partial charge in [0.15, 0.2) is 0 Å². The zero-order valence-electron chi connectivity index (χ0n) is 10.1. The van der Waals surface area contributed by atoms with Gasteiger partial charge in [-0.2, -0.15) is 0 Å². The van der Waals surface area contributed by atoms with E-state index >= 15 is 0 Å². The number of nitrogens with one attached hydrogen (secondary N) is 1. The Balaban J connectivity index is 2.16. The summed E-state index contributed by atoms with van der Waals surface area (Å²) < 4.78 is 9.79. The van der Waals surface area contributed by atoms with E-state index < -0.39 is 6.04 Å².